The zero-order valence-corrected chi connectivity index (χ0v) is 6.47. The first-order valence-corrected chi connectivity index (χ1v) is 3.85. The van der Waals surface area contributed by atoms with Crippen molar-refractivity contribution >= 4 is 22.9 Å². The molecule has 1 rings (SSSR count). The van der Waals surface area contributed by atoms with Gasteiger partial charge in [0.2, 0.25) is 5.13 Å². The van der Waals surface area contributed by atoms with Gasteiger partial charge in [0.15, 0.2) is 6.40 Å². The molecule has 54 valence electrons. The molecule has 0 radical (unpaired) electrons. The first kappa shape index (κ1) is 7.21. The summed E-state index contributed by atoms with van der Waals surface area (Å²) in [5, 5.41) is 2.60. The maximum absolute atomic E-state index is 4.88. The van der Waals surface area contributed by atoms with Crippen molar-refractivity contribution in [1.29, 1.82) is 0 Å². The van der Waals surface area contributed by atoms with Crippen LogP contribution in [0.2, 0.25) is 0 Å². The average Bonchev–Trinajstić information content (AvgIpc) is 2.41. The van der Waals surface area contributed by atoms with E-state index in [1.165, 1.54) is 17.7 Å². The minimum atomic E-state index is 0.648. The Morgan fingerprint density at radius 2 is 2.80 bits per heavy atom. The van der Waals surface area contributed by atoms with Crippen molar-refractivity contribution in [3.8, 4) is 0 Å². The number of rotatable bonds is 3. The second-order valence-electron chi connectivity index (χ2n) is 1.50. The molecule has 10 heavy (non-hydrogen) atoms. The van der Waals surface area contributed by atoms with Crippen LogP contribution in [0.5, 0.6) is 0 Å². The van der Waals surface area contributed by atoms with Gasteiger partial charge in [-0.3, -0.25) is 0 Å². The molecule has 0 amide bonds. The molecule has 0 fully saturated rings. The lowest BCUT2D eigenvalue weighted by Crippen LogP contribution is -1.82. The molecule has 0 saturated carbocycles. The maximum atomic E-state index is 4.88. The Balaban J connectivity index is 2.40. The van der Waals surface area contributed by atoms with E-state index in [2.05, 4.69) is 9.98 Å². The lowest BCUT2D eigenvalue weighted by molar-refractivity contribution is 0.344. The Morgan fingerprint density at radius 1 is 1.90 bits per heavy atom. The van der Waals surface area contributed by atoms with Gasteiger partial charge >= 0.3 is 0 Å². The van der Waals surface area contributed by atoms with Gasteiger partial charge in [-0.05, 0) is 6.92 Å². The van der Waals surface area contributed by atoms with E-state index >= 15 is 0 Å². The Kier molecular flexibility index (Phi) is 2.89. The standard InChI is InChI=1S/C6H8N2OS/c1-2-9-5-8-6-7-3-4-10-6/h3-5H,2H2,1H3/b8-5+. The van der Waals surface area contributed by atoms with Crippen LogP contribution in [0.3, 0.4) is 0 Å². The molecule has 4 heteroatoms. The topological polar surface area (TPSA) is 34.5 Å². The number of ether oxygens (including phenoxy) is 1. The Labute approximate surface area is 63.4 Å². The molecule has 1 heterocycles. The van der Waals surface area contributed by atoms with Gasteiger partial charge in [0, 0.05) is 11.6 Å². The van der Waals surface area contributed by atoms with Gasteiger partial charge in [-0.15, -0.1) is 11.3 Å². The number of hydrogen-bond donors (Lipinski definition) is 0. The third-order valence-electron chi connectivity index (χ3n) is 0.824. The summed E-state index contributed by atoms with van der Waals surface area (Å²) >= 11 is 1.48. The zero-order valence-electron chi connectivity index (χ0n) is 5.65. The minimum Gasteiger partial charge on any atom is -0.483 e. The summed E-state index contributed by atoms with van der Waals surface area (Å²) in [6, 6.07) is 0. The number of aromatic nitrogens is 1. The van der Waals surface area contributed by atoms with Gasteiger partial charge in [-0.2, -0.15) is 4.99 Å². The Bertz CT molecular complexity index is 196. The lowest BCUT2D eigenvalue weighted by atomic mass is 10.9. The predicted molar refractivity (Wildman–Crippen MR) is 41.9 cm³/mol. The molecule has 0 aliphatic heterocycles. The second kappa shape index (κ2) is 4.00. The molecule has 1 aromatic rings. The van der Waals surface area contributed by atoms with Crippen molar-refractivity contribution in [1.82, 2.24) is 4.98 Å². The van der Waals surface area contributed by atoms with E-state index in [0.717, 1.165) is 5.13 Å². The van der Waals surface area contributed by atoms with E-state index in [-0.39, 0.29) is 0 Å². The first-order chi connectivity index (χ1) is 4.93. The predicted octanol–water partition coefficient (Wildman–Crippen LogP) is 1.84. The summed E-state index contributed by atoms with van der Waals surface area (Å²) in [6.45, 7) is 2.56. The van der Waals surface area contributed by atoms with Crippen LogP contribution in [0.25, 0.3) is 0 Å². The summed E-state index contributed by atoms with van der Waals surface area (Å²) in [4.78, 5) is 7.84. The molecule has 0 atom stereocenters. The van der Waals surface area contributed by atoms with Crippen LogP contribution < -0.4 is 0 Å². The van der Waals surface area contributed by atoms with Crippen LogP contribution in [0, 0.1) is 0 Å². The van der Waals surface area contributed by atoms with Crippen molar-refractivity contribution in [2.45, 2.75) is 6.92 Å². The highest BCUT2D eigenvalue weighted by molar-refractivity contribution is 7.13. The minimum absolute atomic E-state index is 0.648. The molecule has 0 aliphatic rings. The van der Waals surface area contributed by atoms with Gasteiger partial charge in [0.25, 0.3) is 0 Å². The van der Waals surface area contributed by atoms with E-state index in [4.69, 9.17) is 4.74 Å². The monoisotopic (exact) mass is 156 g/mol. The van der Waals surface area contributed by atoms with Gasteiger partial charge in [-0.1, -0.05) is 0 Å². The van der Waals surface area contributed by atoms with Crippen molar-refractivity contribution in [2.24, 2.45) is 4.99 Å². The third kappa shape index (κ3) is 2.14. The zero-order chi connectivity index (χ0) is 7.23. The SMILES string of the molecule is CCO/C=N/c1nccs1. The van der Waals surface area contributed by atoms with E-state index in [0.29, 0.717) is 6.61 Å². The largest absolute Gasteiger partial charge is 0.483 e. The molecule has 0 saturated heterocycles. The fourth-order valence-electron chi connectivity index (χ4n) is 0.437. The molecule has 1 aromatic heterocycles. The molecular weight excluding hydrogens is 148 g/mol. The van der Waals surface area contributed by atoms with Gasteiger partial charge in [0.05, 0.1) is 6.61 Å². The quantitative estimate of drug-likeness (QED) is 0.494. The maximum Gasteiger partial charge on any atom is 0.211 e. The number of hydrogen-bond acceptors (Lipinski definition) is 4. The summed E-state index contributed by atoms with van der Waals surface area (Å²) in [7, 11) is 0. The Hall–Kier alpha value is -0.900. The third-order valence-corrected chi connectivity index (χ3v) is 1.50. The van der Waals surface area contributed by atoms with E-state index in [1.54, 1.807) is 6.20 Å². The van der Waals surface area contributed by atoms with Crippen LogP contribution in [0.4, 0.5) is 5.13 Å². The van der Waals surface area contributed by atoms with Crippen molar-refractivity contribution in [3.05, 3.63) is 11.6 Å². The van der Waals surface area contributed by atoms with Crippen LogP contribution in [-0.2, 0) is 4.74 Å². The van der Waals surface area contributed by atoms with Crippen LogP contribution in [0.1, 0.15) is 6.92 Å². The summed E-state index contributed by atoms with van der Waals surface area (Å²) in [6.07, 6.45) is 3.13. The highest BCUT2D eigenvalue weighted by atomic mass is 32.1. The van der Waals surface area contributed by atoms with Crippen molar-refractivity contribution in [3.63, 3.8) is 0 Å². The van der Waals surface area contributed by atoms with E-state index < -0.39 is 0 Å². The summed E-state index contributed by atoms with van der Waals surface area (Å²) < 4.78 is 4.88. The summed E-state index contributed by atoms with van der Waals surface area (Å²) in [5.41, 5.74) is 0. The van der Waals surface area contributed by atoms with Crippen LogP contribution in [0.15, 0.2) is 16.6 Å². The van der Waals surface area contributed by atoms with Crippen LogP contribution in [-0.4, -0.2) is 18.0 Å². The van der Waals surface area contributed by atoms with Gasteiger partial charge in [0.1, 0.15) is 0 Å². The highest BCUT2D eigenvalue weighted by Crippen LogP contribution is 2.13. The number of thiazole rings is 1. The van der Waals surface area contributed by atoms with Crippen molar-refractivity contribution < 1.29 is 4.74 Å². The molecule has 0 aromatic carbocycles. The molecule has 3 nitrogen and oxygen atoms in total. The normalized spacial score (nSPS) is 10.5. The molecule has 0 spiro atoms. The van der Waals surface area contributed by atoms with E-state index in [1.807, 2.05) is 12.3 Å². The number of aliphatic imine (C=N–C) groups is 1. The smallest absolute Gasteiger partial charge is 0.211 e. The molecule has 0 bridgehead atoms. The summed E-state index contributed by atoms with van der Waals surface area (Å²) in [5.74, 6) is 0. The fourth-order valence-corrected chi connectivity index (χ4v) is 0.906. The fraction of sp³-hybridized carbons (Fsp3) is 0.333. The molecule has 0 unspecified atom stereocenters. The highest BCUT2D eigenvalue weighted by Gasteiger charge is 1.85. The number of nitrogens with zero attached hydrogens (tertiary/aromatic N) is 2. The van der Waals surface area contributed by atoms with Crippen LogP contribution >= 0.6 is 11.3 Å². The molecular formula is C6H8N2OS. The van der Waals surface area contributed by atoms with Gasteiger partial charge in [-0.25, -0.2) is 4.98 Å². The van der Waals surface area contributed by atoms with E-state index in [9.17, 15) is 0 Å². The van der Waals surface area contributed by atoms with Gasteiger partial charge < -0.3 is 4.74 Å². The first-order valence-electron chi connectivity index (χ1n) is 2.97. The average molecular weight is 156 g/mol. The second-order valence-corrected chi connectivity index (χ2v) is 2.38. The molecule has 0 N–H and O–H groups in total. The van der Waals surface area contributed by atoms with Crippen molar-refractivity contribution in [2.75, 3.05) is 6.61 Å². The molecule has 0 aliphatic carbocycles. The Morgan fingerprint density at radius 3 is 3.40 bits per heavy atom. The lowest BCUT2D eigenvalue weighted by Gasteiger charge is -1.87.